The summed E-state index contributed by atoms with van der Waals surface area (Å²) in [6, 6.07) is 16.0. The third-order valence-corrected chi connectivity index (χ3v) is 3.50. The highest BCUT2D eigenvalue weighted by molar-refractivity contribution is 5.73. The number of urea groups is 1. The zero-order valence-corrected chi connectivity index (χ0v) is 13.6. The molecule has 0 heterocycles. The fraction of sp³-hybridized carbons (Fsp3) is 0.316. The first-order valence-corrected chi connectivity index (χ1v) is 8.12. The van der Waals surface area contributed by atoms with Crippen molar-refractivity contribution in [3.63, 3.8) is 0 Å². The number of ether oxygens (including phenoxy) is 1. The van der Waals surface area contributed by atoms with Gasteiger partial charge in [0.05, 0.1) is 6.61 Å². The smallest absolute Gasteiger partial charge is 0.315 e. The van der Waals surface area contributed by atoms with E-state index in [0.29, 0.717) is 26.3 Å². The van der Waals surface area contributed by atoms with E-state index in [1.165, 1.54) is 17.7 Å². The molecule has 2 rings (SSSR count). The van der Waals surface area contributed by atoms with E-state index >= 15 is 0 Å². The van der Waals surface area contributed by atoms with Gasteiger partial charge in [0.1, 0.15) is 5.82 Å². The van der Waals surface area contributed by atoms with Gasteiger partial charge in [0.15, 0.2) is 0 Å². The molecule has 0 aliphatic carbocycles. The summed E-state index contributed by atoms with van der Waals surface area (Å²) in [6.45, 7) is 2.23. The average Bonchev–Trinajstić information content (AvgIpc) is 2.61. The van der Waals surface area contributed by atoms with Gasteiger partial charge in [-0.15, -0.1) is 0 Å². The van der Waals surface area contributed by atoms with Crippen molar-refractivity contribution in [1.29, 1.82) is 0 Å². The Balaban J connectivity index is 1.46. The Morgan fingerprint density at radius 2 is 1.67 bits per heavy atom. The van der Waals surface area contributed by atoms with Gasteiger partial charge in [-0.2, -0.15) is 0 Å². The van der Waals surface area contributed by atoms with Crippen LogP contribution in [0.4, 0.5) is 9.18 Å². The molecule has 2 amide bonds. The van der Waals surface area contributed by atoms with Crippen LogP contribution in [0.2, 0.25) is 0 Å². The lowest BCUT2D eigenvalue weighted by Crippen LogP contribution is -2.35. The van der Waals surface area contributed by atoms with Crippen molar-refractivity contribution < 1.29 is 13.9 Å². The molecule has 0 aliphatic heterocycles. The minimum atomic E-state index is -0.282. The van der Waals surface area contributed by atoms with E-state index in [4.69, 9.17) is 4.74 Å². The molecule has 5 heteroatoms. The van der Waals surface area contributed by atoms with Gasteiger partial charge in [-0.05, 0) is 36.1 Å². The van der Waals surface area contributed by atoms with Crippen molar-refractivity contribution in [3.8, 4) is 0 Å². The maximum atomic E-state index is 12.8. The monoisotopic (exact) mass is 330 g/mol. The molecule has 2 N–H and O–H groups in total. The van der Waals surface area contributed by atoms with Crippen LogP contribution in [0.5, 0.6) is 0 Å². The normalized spacial score (nSPS) is 10.4. The number of halogens is 1. The maximum Gasteiger partial charge on any atom is 0.315 e. The lowest BCUT2D eigenvalue weighted by molar-refractivity contribution is 0.135. The van der Waals surface area contributed by atoms with Crippen LogP contribution in [0.15, 0.2) is 54.6 Å². The Morgan fingerprint density at radius 1 is 0.917 bits per heavy atom. The molecule has 24 heavy (non-hydrogen) atoms. The van der Waals surface area contributed by atoms with E-state index in [0.717, 1.165) is 18.4 Å². The summed E-state index contributed by atoms with van der Waals surface area (Å²) < 4.78 is 18.3. The highest BCUT2D eigenvalue weighted by Gasteiger charge is 2.00. The predicted octanol–water partition coefficient (Wildman–Crippen LogP) is 3.27. The molecule has 0 bridgehead atoms. The topological polar surface area (TPSA) is 50.4 Å². The summed E-state index contributed by atoms with van der Waals surface area (Å²) in [7, 11) is 0. The highest BCUT2D eigenvalue weighted by atomic mass is 19.1. The molecule has 0 unspecified atom stereocenters. The Kier molecular flexibility index (Phi) is 7.77. The molecule has 0 fully saturated rings. The first-order chi connectivity index (χ1) is 11.7. The van der Waals surface area contributed by atoms with Crippen LogP contribution in [-0.4, -0.2) is 25.8 Å². The van der Waals surface area contributed by atoms with E-state index in [9.17, 15) is 9.18 Å². The Hall–Kier alpha value is -2.40. The molecule has 128 valence electrons. The van der Waals surface area contributed by atoms with E-state index in [-0.39, 0.29) is 11.8 Å². The summed E-state index contributed by atoms with van der Waals surface area (Å²) in [5.41, 5.74) is 2.12. The molecule has 0 spiro atoms. The Labute approximate surface area is 142 Å². The molecule has 0 saturated carbocycles. The van der Waals surface area contributed by atoms with Crippen molar-refractivity contribution in [2.45, 2.75) is 19.4 Å². The lowest BCUT2D eigenvalue weighted by Gasteiger charge is -2.08. The quantitative estimate of drug-likeness (QED) is 0.693. The van der Waals surface area contributed by atoms with Crippen molar-refractivity contribution in [3.05, 3.63) is 71.5 Å². The zero-order valence-electron chi connectivity index (χ0n) is 13.6. The molecule has 2 aromatic carbocycles. The summed E-state index contributed by atoms with van der Waals surface area (Å²) in [5, 5.41) is 5.50. The number of nitrogens with one attached hydrogen (secondary N) is 2. The number of carbonyl (C=O) groups excluding carboxylic acids is 1. The maximum absolute atomic E-state index is 12.8. The molecular weight excluding hydrogens is 307 g/mol. The molecular formula is C19H23FN2O2. The minimum Gasteiger partial charge on any atom is -0.381 e. The molecule has 0 radical (unpaired) electrons. The van der Waals surface area contributed by atoms with Crippen molar-refractivity contribution in [2.24, 2.45) is 0 Å². The predicted molar refractivity (Wildman–Crippen MR) is 92.2 cm³/mol. The highest BCUT2D eigenvalue weighted by Crippen LogP contribution is 2.02. The van der Waals surface area contributed by atoms with Gasteiger partial charge < -0.3 is 15.4 Å². The first kappa shape index (κ1) is 17.9. The van der Waals surface area contributed by atoms with Crippen LogP contribution in [0.25, 0.3) is 0 Å². The van der Waals surface area contributed by atoms with Crippen molar-refractivity contribution in [2.75, 3.05) is 19.8 Å². The van der Waals surface area contributed by atoms with Crippen molar-refractivity contribution in [1.82, 2.24) is 10.6 Å². The number of rotatable bonds is 9. The van der Waals surface area contributed by atoms with Gasteiger partial charge in [0, 0.05) is 19.7 Å². The van der Waals surface area contributed by atoms with Crippen molar-refractivity contribution >= 4 is 6.03 Å². The lowest BCUT2D eigenvalue weighted by atomic mass is 10.2. The number of carbonyl (C=O) groups is 1. The van der Waals surface area contributed by atoms with E-state index in [1.54, 1.807) is 12.1 Å². The largest absolute Gasteiger partial charge is 0.381 e. The summed E-state index contributed by atoms with van der Waals surface area (Å²) >= 11 is 0. The third-order valence-electron chi connectivity index (χ3n) is 3.50. The van der Waals surface area contributed by atoms with Gasteiger partial charge in [-0.1, -0.05) is 42.5 Å². The fourth-order valence-electron chi connectivity index (χ4n) is 2.16. The minimum absolute atomic E-state index is 0.233. The molecule has 2 aromatic rings. The van der Waals surface area contributed by atoms with Crippen LogP contribution in [0.3, 0.4) is 0 Å². The van der Waals surface area contributed by atoms with Gasteiger partial charge >= 0.3 is 6.03 Å². The Morgan fingerprint density at radius 3 is 2.42 bits per heavy atom. The van der Waals surface area contributed by atoms with E-state index in [1.807, 2.05) is 18.2 Å². The van der Waals surface area contributed by atoms with Gasteiger partial charge in [0.25, 0.3) is 0 Å². The van der Waals surface area contributed by atoms with Crippen LogP contribution in [-0.2, 0) is 17.7 Å². The molecule has 0 aromatic heterocycles. The standard InChI is InChI=1S/C19H23FN2O2/c20-18-9-7-17(8-10-18)15-22-19(23)21-12-4-13-24-14-11-16-5-2-1-3-6-16/h1-3,5-10H,4,11-15H2,(H2,21,22,23). The first-order valence-electron chi connectivity index (χ1n) is 8.12. The molecule has 0 aliphatic rings. The average molecular weight is 330 g/mol. The molecule has 0 saturated heterocycles. The summed E-state index contributed by atoms with van der Waals surface area (Å²) in [5.74, 6) is -0.282. The number of amides is 2. The van der Waals surface area contributed by atoms with Gasteiger partial charge in [0.2, 0.25) is 0 Å². The summed E-state index contributed by atoms with van der Waals surface area (Å²) in [6.07, 6.45) is 1.66. The van der Waals surface area contributed by atoms with Crippen LogP contribution in [0, 0.1) is 5.82 Å². The molecule has 0 atom stereocenters. The number of hydrogen-bond donors (Lipinski definition) is 2. The van der Waals surface area contributed by atoms with Crippen LogP contribution < -0.4 is 10.6 Å². The van der Waals surface area contributed by atoms with Crippen LogP contribution in [0.1, 0.15) is 17.5 Å². The fourth-order valence-corrected chi connectivity index (χ4v) is 2.16. The number of benzene rings is 2. The second-order valence-electron chi connectivity index (χ2n) is 5.44. The van der Waals surface area contributed by atoms with E-state index in [2.05, 4.69) is 22.8 Å². The number of hydrogen-bond acceptors (Lipinski definition) is 2. The second kappa shape index (κ2) is 10.4. The van der Waals surface area contributed by atoms with Gasteiger partial charge in [-0.25, -0.2) is 9.18 Å². The zero-order chi connectivity index (χ0) is 17.0. The van der Waals surface area contributed by atoms with Gasteiger partial charge in [-0.3, -0.25) is 0 Å². The van der Waals surface area contributed by atoms with Crippen LogP contribution >= 0.6 is 0 Å². The third kappa shape index (κ3) is 7.24. The molecule has 4 nitrogen and oxygen atoms in total. The Bertz CT molecular complexity index is 603. The van der Waals surface area contributed by atoms with E-state index < -0.39 is 0 Å². The second-order valence-corrected chi connectivity index (χ2v) is 5.44. The SMILES string of the molecule is O=C(NCCCOCCc1ccccc1)NCc1ccc(F)cc1. The summed E-state index contributed by atoms with van der Waals surface area (Å²) in [4.78, 5) is 11.6.